The van der Waals surface area contributed by atoms with Gasteiger partial charge in [-0.1, -0.05) is 36.4 Å². The SMILES string of the molecule is COC(=O)c1cc(CNC(=O)N(C)Cc2ccccc2)ccc1OC. The maximum absolute atomic E-state index is 12.2. The Hall–Kier alpha value is -3.02. The van der Waals surface area contributed by atoms with Crippen molar-refractivity contribution in [2.45, 2.75) is 13.1 Å². The first kappa shape index (κ1) is 18.3. The van der Waals surface area contributed by atoms with E-state index in [4.69, 9.17) is 9.47 Å². The maximum atomic E-state index is 12.2. The molecule has 0 bridgehead atoms. The Morgan fingerprint density at radius 1 is 1.04 bits per heavy atom. The number of ether oxygens (including phenoxy) is 2. The molecule has 0 saturated carbocycles. The van der Waals surface area contributed by atoms with Crippen LogP contribution in [0.25, 0.3) is 0 Å². The van der Waals surface area contributed by atoms with Crippen molar-refractivity contribution >= 4 is 12.0 Å². The summed E-state index contributed by atoms with van der Waals surface area (Å²) >= 11 is 0. The van der Waals surface area contributed by atoms with Gasteiger partial charge in [-0.05, 0) is 23.3 Å². The van der Waals surface area contributed by atoms with Crippen molar-refractivity contribution < 1.29 is 19.1 Å². The van der Waals surface area contributed by atoms with E-state index in [1.54, 1.807) is 30.1 Å². The van der Waals surface area contributed by atoms with Crippen molar-refractivity contribution in [1.82, 2.24) is 10.2 Å². The molecule has 0 aliphatic rings. The molecule has 2 amide bonds. The molecule has 6 nitrogen and oxygen atoms in total. The highest BCUT2D eigenvalue weighted by molar-refractivity contribution is 5.92. The predicted octanol–water partition coefficient (Wildman–Crippen LogP) is 2.82. The molecule has 0 aliphatic heterocycles. The summed E-state index contributed by atoms with van der Waals surface area (Å²) in [5.74, 6) is -0.0469. The fourth-order valence-corrected chi connectivity index (χ4v) is 2.38. The van der Waals surface area contributed by atoms with E-state index in [0.717, 1.165) is 11.1 Å². The van der Waals surface area contributed by atoms with Gasteiger partial charge in [0.15, 0.2) is 0 Å². The molecule has 0 unspecified atom stereocenters. The highest BCUT2D eigenvalue weighted by atomic mass is 16.5. The number of hydrogen-bond acceptors (Lipinski definition) is 4. The zero-order chi connectivity index (χ0) is 18.2. The van der Waals surface area contributed by atoms with Crippen LogP contribution in [-0.4, -0.2) is 38.2 Å². The second-order valence-corrected chi connectivity index (χ2v) is 5.53. The van der Waals surface area contributed by atoms with E-state index in [9.17, 15) is 9.59 Å². The number of nitrogens with zero attached hydrogens (tertiary/aromatic N) is 1. The third-order valence-electron chi connectivity index (χ3n) is 3.72. The standard InChI is InChI=1S/C19H22N2O4/c1-21(13-14-7-5-4-6-8-14)19(23)20-12-15-9-10-17(24-2)16(11-15)18(22)25-3/h4-11H,12-13H2,1-3H3,(H,20,23). The van der Waals surface area contributed by atoms with E-state index in [-0.39, 0.29) is 6.03 Å². The molecule has 0 aliphatic carbocycles. The minimum Gasteiger partial charge on any atom is -0.496 e. The Morgan fingerprint density at radius 2 is 1.76 bits per heavy atom. The van der Waals surface area contributed by atoms with Crippen molar-refractivity contribution in [3.63, 3.8) is 0 Å². The van der Waals surface area contributed by atoms with Gasteiger partial charge in [-0.15, -0.1) is 0 Å². The molecular formula is C19H22N2O4. The summed E-state index contributed by atoms with van der Waals surface area (Å²) in [5.41, 5.74) is 2.16. The lowest BCUT2D eigenvalue weighted by Crippen LogP contribution is -2.36. The van der Waals surface area contributed by atoms with Crippen LogP contribution in [-0.2, 0) is 17.8 Å². The van der Waals surface area contributed by atoms with Gasteiger partial charge in [0.2, 0.25) is 0 Å². The summed E-state index contributed by atoms with van der Waals surface area (Å²) in [7, 11) is 4.53. The minimum absolute atomic E-state index is 0.195. The molecule has 0 radical (unpaired) electrons. The smallest absolute Gasteiger partial charge is 0.341 e. The summed E-state index contributed by atoms with van der Waals surface area (Å²) in [4.78, 5) is 25.6. The monoisotopic (exact) mass is 342 g/mol. The fourth-order valence-electron chi connectivity index (χ4n) is 2.38. The summed E-state index contributed by atoms with van der Waals surface area (Å²) in [6.45, 7) is 0.814. The van der Waals surface area contributed by atoms with Gasteiger partial charge in [-0.3, -0.25) is 0 Å². The number of amides is 2. The van der Waals surface area contributed by atoms with E-state index in [2.05, 4.69) is 5.32 Å². The number of hydrogen-bond donors (Lipinski definition) is 1. The van der Waals surface area contributed by atoms with Gasteiger partial charge in [0.1, 0.15) is 11.3 Å². The number of carbonyl (C=O) groups excluding carboxylic acids is 2. The minimum atomic E-state index is -0.480. The average Bonchev–Trinajstić information content (AvgIpc) is 2.65. The Labute approximate surface area is 147 Å². The van der Waals surface area contributed by atoms with Crippen LogP contribution in [0.15, 0.2) is 48.5 Å². The van der Waals surface area contributed by atoms with Gasteiger partial charge in [-0.25, -0.2) is 9.59 Å². The van der Waals surface area contributed by atoms with Crippen LogP contribution in [0.2, 0.25) is 0 Å². The second-order valence-electron chi connectivity index (χ2n) is 5.53. The molecule has 0 fully saturated rings. The Balaban J connectivity index is 1.98. The Morgan fingerprint density at radius 3 is 2.40 bits per heavy atom. The fraction of sp³-hybridized carbons (Fsp3) is 0.263. The first-order chi connectivity index (χ1) is 12.0. The first-order valence-corrected chi connectivity index (χ1v) is 7.83. The molecule has 0 atom stereocenters. The van der Waals surface area contributed by atoms with Crippen LogP contribution >= 0.6 is 0 Å². The Bertz CT molecular complexity index is 731. The molecule has 2 rings (SSSR count). The quantitative estimate of drug-likeness (QED) is 0.820. The van der Waals surface area contributed by atoms with Crippen molar-refractivity contribution in [2.75, 3.05) is 21.3 Å². The van der Waals surface area contributed by atoms with Crippen molar-refractivity contribution in [2.24, 2.45) is 0 Å². The van der Waals surface area contributed by atoms with Crippen LogP contribution < -0.4 is 10.1 Å². The highest BCUT2D eigenvalue weighted by Crippen LogP contribution is 2.20. The lowest BCUT2D eigenvalue weighted by atomic mass is 10.1. The van der Waals surface area contributed by atoms with E-state index in [0.29, 0.717) is 24.4 Å². The topological polar surface area (TPSA) is 67.9 Å². The van der Waals surface area contributed by atoms with E-state index >= 15 is 0 Å². The van der Waals surface area contributed by atoms with Gasteiger partial charge in [0, 0.05) is 20.1 Å². The van der Waals surface area contributed by atoms with Crippen molar-refractivity contribution in [3.05, 3.63) is 65.2 Å². The van der Waals surface area contributed by atoms with Crippen LogP contribution in [0.4, 0.5) is 4.79 Å². The molecule has 1 N–H and O–H groups in total. The maximum Gasteiger partial charge on any atom is 0.341 e. The highest BCUT2D eigenvalue weighted by Gasteiger charge is 2.14. The van der Waals surface area contributed by atoms with Gasteiger partial charge in [0.05, 0.1) is 14.2 Å². The molecule has 6 heteroatoms. The number of rotatable bonds is 6. The number of methoxy groups -OCH3 is 2. The molecule has 0 aromatic heterocycles. The van der Waals surface area contributed by atoms with Crippen molar-refractivity contribution in [3.8, 4) is 5.75 Å². The van der Waals surface area contributed by atoms with Gasteiger partial charge < -0.3 is 19.7 Å². The average molecular weight is 342 g/mol. The summed E-state index contributed by atoms with van der Waals surface area (Å²) in [5, 5.41) is 2.83. The van der Waals surface area contributed by atoms with Crippen LogP contribution in [0, 0.1) is 0 Å². The molecule has 25 heavy (non-hydrogen) atoms. The Kier molecular flexibility index (Phi) is 6.39. The number of benzene rings is 2. The van der Waals surface area contributed by atoms with Crippen LogP contribution in [0.3, 0.4) is 0 Å². The zero-order valence-electron chi connectivity index (χ0n) is 14.6. The third kappa shape index (κ3) is 4.97. The van der Waals surface area contributed by atoms with Gasteiger partial charge >= 0.3 is 12.0 Å². The number of carbonyl (C=O) groups is 2. The molecule has 2 aromatic rings. The number of esters is 1. The van der Waals surface area contributed by atoms with E-state index in [1.165, 1.54) is 14.2 Å². The first-order valence-electron chi connectivity index (χ1n) is 7.83. The lowest BCUT2D eigenvalue weighted by Gasteiger charge is -2.18. The third-order valence-corrected chi connectivity index (χ3v) is 3.72. The van der Waals surface area contributed by atoms with Gasteiger partial charge in [-0.2, -0.15) is 0 Å². The van der Waals surface area contributed by atoms with E-state index < -0.39 is 5.97 Å². The number of nitrogens with one attached hydrogen (secondary N) is 1. The number of urea groups is 1. The largest absolute Gasteiger partial charge is 0.496 e. The summed E-state index contributed by atoms with van der Waals surface area (Å²) in [6, 6.07) is 14.7. The predicted molar refractivity (Wildman–Crippen MR) is 94.5 cm³/mol. The zero-order valence-corrected chi connectivity index (χ0v) is 14.6. The van der Waals surface area contributed by atoms with Gasteiger partial charge in [0.25, 0.3) is 0 Å². The molecular weight excluding hydrogens is 320 g/mol. The molecule has 132 valence electrons. The van der Waals surface area contributed by atoms with Crippen LogP contribution in [0.5, 0.6) is 5.75 Å². The second kappa shape index (κ2) is 8.73. The summed E-state index contributed by atoms with van der Waals surface area (Å²) < 4.78 is 9.91. The summed E-state index contributed by atoms with van der Waals surface area (Å²) in [6.07, 6.45) is 0. The van der Waals surface area contributed by atoms with E-state index in [1.807, 2.05) is 30.3 Å². The molecule has 2 aromatic carbocycles. The normalized spacial score (nSPS) is 10.0. The molecule has 0 spiro atoms. The van der Waals surface area contributed by atoms with Crippen molar-refractivity contribution in [1.29, 1.82) is 0 Å². The molecule has 0 saturated heterocycles. The molecule has 0 heterocycles. The lowest BCUT2D eigenvalue weighted by molar-refractivity contribution is 0.0597. The van der Waals surface area contributed by atoms with Crippen LogP contribution in [0.1, 0.15) is 21.5 Å².